The lowest BCUT2D eigenvalue weighted by Gasteiger charge is -2.37. The van der Waals surface area contributed by atoms with Gasteiger partial charge in [-0.3, -0.25) is 14.5 Å². The van der Waals surface area contributed by atoms with Crippen LogP contribution < -0.4 is 32.5 Å². The number of phenolic OH excluding ortho intramolecular Hbond substituents is 2. The Morgan fingerprint density at radius 2 is 1.71 bits per heavy atom. The van der Waals surface area contributed by atoms with Gasteiger partial charge < -0.3 is 35.3 Å². The highest BCUT2D eigenvalue weighted by molar-refractivity contribution is 6.53. The molecule has 1 unspecified atom stereocenters. The number of carbonyl (C=O) groups excluding carboxylic acids is 3. The summed E-state index contributed by atoms with van der Waals surface area (Å²) in [6.45, 7) is 1.51. The Morgan fingerprint density at radius 3 is 2.33 bits per heavy atom. The first-order valence-corrected chi connectivity index (χ1v) is 13.2. The second-order valence-electron chi connectivity index (χ2n) is 10.2. The molecule has 4 N–H and O–H groups in total. The van der Waals surface area contributed by atoms with Crippen LogP contribution in [0, 0.1) is 5.82 Å². The Hall–Kier alpha value is -3.38. The molecule has 2 amide bonds. The number of fused-ring (bicyclic) bond motifs is 1. The minimum absolute atomic E-state index is 0.0507. The summed E-state index contributed by atoms with van der Waals surface area (Å²) < 4.78 is 21.2. The molecule has 0 bridgehead atoms. The number of aldehydes is 1. The van der Waals surface area contributed by atoms with E-state index in [2.05, 4.69) is 10.6 Å². The fourth-order valence-electron chi connectivity index (χ4n) is 5.30. The highest BCUT2D eigenvalue weighted by atomic mass is 19.1. The first kappa shape index (κ1) is 31.6. The first-order chi connectivity index (χ1) is 19.9. The van der Waals surface area contributed by atoms with Gasteiger partial charge in [0.15, 0.2) is 0 Å². The smallest absolute Gasteiger partial charge is 0.258 e. The molecular weight excluding hydrogens is 537 g/mol. The minimum Gasteiger partial charge on any atom is -0.508 e. The molecule has 1 fully saturated rings. The van der Waals surface area contributed by atoms with Crippen LogP contribution in [-0.2, 0) is 34.0 Å². The summed E-state index contributed by atoms with van der Waals surface area (Å²) in [4.78, 5) is 40.3. The second kappa shape index (κ2) is 12.5. The third-order valence-corrected chi connectivity index (χ3v) is 7.79. The second-order valence-corrected chi connectivity index (χ2v) is 10.2. The lowest BCUT2D eigenvalue weighted by Crippen LogP contribution is -2.59. The van der Waals surface area contributed by atoms with E-state index in [1.165, 1.54) is 7.05 Å². The number of likely N-dealkylation sites (N-methyl/N-ethyl adjacent to an activating group) is 1. The number of aromatic hydroxyl groups is 2. The number of benzene rings is 2. The molecule has 4 rings (SSSR count). The van der Waals surface area contributed by atoms with Gasteiger partial charge in [0.1, 0.15) is 62.8 Å². The Labute approximate surface area is 249 Å². The largest absolute Gasteiger partial charge is 0.508 e. The SMILES string of the molecule is [B]c1c([B])c(CN2CCOCC2)c(F)c(CNc2c([B])c([B])c(O)c3c2CN(C([B])(CCC=O)C(=O)NC)C3=O)c1O. The van der Waals surface area contributed by atoms with E-state index in [4.69, 9.17) is 44.0 Å². The highest BCUT2D eigenvalue weighted by Gasteiger charge is 2.46. The van der Waals surface area contributed by atoms with Crippen LogP contribution >= 0.6 is 0 Å². The number of amides is 2. The summed E-state index contributed by atoms with van der Waals surface area (Å²) >= 11 is 0. The zero-order valence-corrected chi connectivity index (χ0v) is 23.1. The molecule has 0 spiro atoms. The summed E-state index contributed by atoms with van der Waals surface area (Å²) in [7, 11) is 32.0. The molecule has 10 radical (unpaired) electrons. The molecule has 2 aromatic rings. The molecule has 10 nitrogen and oxygen atoms in total. The number of ether oxygens (including phenoxy) is 1. The van der Waals surface area contributed by atoms with Crippen molar-refractivity contribution >= 4 is 84.9 Å². The van der Waals surface area contributed by atoms with Crippen molar-refractivity contribution in [2.75, 3.05) is 38.7 Å². The predicted octanol–water partition coefficient (Wildman–Crippen LogP) is -3.60. The number of phenols is 2. The van der Waals surface area contributed by atoms with Crippen LogP contribution in [0.25, 0.3) is 0 Å². The van der Waals surface area contributed by atoms with Gasteiger partial charge in [0.05, 0.1) is 24.2 Å². The number of morpholine rings is 1. The molecule has 1 atom stereocenters. The van der Waals surface area contributed by atoms with E-state index >= 15 is 4.39 Å². The number of hydrogen-bond donors (Lipinski definition) is 4. The van der Waals surface area contributed by atoms with Gasteiger partial charge in [-0.2, -0.15) is 0 Å². The van der Waals surface area contributed by atoms with Crippen LogP contribution in [0.2, 0.25) is 0 Å². The number of carbonyl (C=O) groups is 3. The van der Waals surface area contributed by atoms with Gasteiger partial charge in [0, 0.05) is 63.0 Å². The fraction of sp³-hybridized carbons (Fsp3) is 0.423. The van der Waals surface area contributed by atoms with Gasteiger partial charge in [-0.1, -0.05) is 21.9 Å². The van der Waals surface area contributed by atoms with Crippen molar-refractivity contribution in [1.82, 2.24) is 15.1 Å². The number of halogens is 1. The van der Waals surface area contributed by atoms with Gasteiger partial charge in [-0.05, 0) is 12.0 Å². The number of nitrogens with one attached hydrogen (secondary N) is 2. The van der Waals surface area contributed by atoms with E-state index < -0.39 is 34.6 Å². The number of hydrogen-bond acceptors (Lipinski definition) is 8. The molecule has 1 saturated heterocycles. The molecule has 2 aliphatic heterocycles. The zero-order valence-electron chi connectivity index (χ0n) is 23.1. The topological polar surface area (TPSA) is 131 Å². The Bertz CT molecular complexity index is 1440. The summed E-state index contributed by atoms with van der Waals surface area (Å²) in [6, 6.07) is 0. The van der Waals surface area contributed by atoms with Crippen molar-refractivity contribution in [3.63, 3.8) is 0 Å². The maximum absolute atomic E-state index is 15.8. The van der Waals surface area contributed by atoms with E-state index in [9.17, 15) is 24.6 Å². The van der Waals surface area contributed by atoms with Crippen LogP contribution in [0.1, 0.15) is 39.9 Å². The molecule has 16 heteroatoms. The monoisotopic (exact) mass is 564 g/mol. The summed E-state index contributed by atoms with van der Waals surface area (Å²) in [5.41, 5.74) is -2.93. The van der Waals surface area contributed by atoms with Crippen molar-refractivity contribution in [3.05, 3.63) is 28.1 Å². The predicted molar refractivity (Wildman–Crippen MR) is 159 cm³/mol. The van der Waals surface area contributed by atoms with Crippen molar-refractivity contribution in [2.45, 2.75) is 37.9 Å². The van der Waals surface area contributed by atoms with Crippen molar-refractivity contribution in [3.8, 4) is 11.5 Å². The Morgan fingerprint density at radius 1 is 1.07 bits per heavy atom. The van der Waals surface area contributed by atoms with E-state index in [0.717, 1.165) is 4.90 Å². The van der Waals surface area contributed by atoms with E-state index in [-0.39, 0.29) is 82.3 Å². The molecule has 0 saturated carbocycles. The zero-order chi connectivity index (χ0) is 30.9. The van der Waals surface area contributed by atoms with Crippen molar-refractivity contribution in [2.24, 2.45) is 0 Å². The van der Waals surface area contributed by atoms with Crippen LogP contribution in [0.5, 0.6) is 11.5 Å². The molecule has 42 heavy (non-hydrogen) atoms. The number of rotatable bonds is 10. The normalized spacial score (nSPS) is 16.6. The van der Waals surface area contributed by atoms with Crippen molar-refractivity contribution in [1.29, 1.82) is 0 Å². The van der Waals surface area contributed by atoms with Crippen LogP contribution in [0.4, 0.5) is 10.1 Å². The summed E-state index contributed by atoms with van der Waals surface area (Å²) in [5.74, 6) is -3.54. The summed E-state index contributed by atoms with van der Waals surface area (Å²) in [5, 5.41) is 26.8. The van der Waals surface area contributed by atoms with Crippen LogP contribution in [-0.4, -0.2) is 116 Å². The average molecular weight is 564 g/mol. The van der Waals surface area contributed by atoms with Gasteiger partial charge in [0.2, 0.25) is 5.91 Å². The quantitative estimate of drug-likeness (QED) is 0.133. The third kappa shape index (κ3) is 5.42. The molecule has 208 valence electrons. The van der Waals surface area contributed by atoms with Gasteiger partial charge >= 0.3 is 0 Å². The number of nitrogens with zero attached hydrogens (tertiary/aromatic N) is 2. The fourth-order valence-corrected chi connectivity index (χ4v) is 5.30. The lowest BCUT2D eigenvalue weighted by atomic mass is 9.71. The van der Waals surface area contributed by atoms with E-state index in [0.29, 0.717) is 32.6 Å². The van der Waals surface area contributed by atoms with Crippen LogP contribution in [0.3, 0.4) is 0 Å². The summed E-state index contributed by atoms with van der Waals surface area (Å²) in [6.07, 6.45) is 0.223. The van der Waals surface area contributed by atoms with E-state index in [1.54, 1.807) is 0 Å². The number of anilines is 1. The Balaban J connectivity index is 1.73. The van der Waals surface area contributed by atoms with Gasteiger partial charge in [-0.25, -0.2) is 4.39 Å². The maximum atomic E-state index is 15.8. The molecule has 2 aromatic carbocycles. The molecular formula is C26H26B5FN4O6. The molecule has 2 heterocycles. The van der Waals surface area contributed by atoms with Crippen LogP contribution in [0.15, 0.2) is 0 Å². The Kier molecular flexibility index (Phi) is 9.37. The highest BCUT2D eigenvalue weighted by Crippen LogP contribution is 2.38. The lowest BCUT2D eigenvalue weighted by molar-refractivity contribution is -0.127. The standard InChI is InChI=1S/C26H26B5FN4O6/c1-33-25(41)26(31,3-2-6-37)36-11-13-15(24(36)40)23(39)19(30)17(28)21(13)34-9-12-20(32)14(16(27)18(29)22(12)38)10-35-4-7-42-8-5-35/h6,34,38-39H,2-5,7-11H2,1H3,(H,33,41). The first-order valence-electron chi connectivity index (χ1n) is 13.2. The van der Waals surface area contributed by atoms with E-state index in [1.807, 2.05) is 4.90 Å². The third-order valence-electron chi connectivity index (χ3n) is 7.79. The maximum Gasteiger partial charge on any atom is 0.258 e. The van der Waals surface area contributed by atoms with Gasteiger partial charge in [-0.15, -0.1) is 0 Å². The molecule has 0 aliphatic carbocycles. The average Bonchev–Trinajstić information content (AvgIpc) is 3.34. The van der Waals surface area contributed by atoms with Crippen molar-refractivity contribution < 1.29 is 33.7 Å². The molecule has 2 aliphatic rings. The molecule has 0 aromatic heterocycles. The minimum atomic E-state index is -1.96. The van der Waals surface area contributed by atoms with Gasteiger partial charge in [0.25, 0.3) is 5.91 Å².